The quantitative estimate of drug-likeness (QED) is 0.840. The normalized spacial score (nSPS) is 13.0. The summed E-state index contributed by atoms with van der Waals surface area (Å²) in [5.74, 6) is -0.388. The van der Waals surface area contributed by atoms with Crippen molar-refractivity contribution in [3.05, 3.63) is 60.2 Å². The molecule has 0 saturated heterocycles. The highest BCUT2D eigenvalue weighted by atomic mass is 16.2. The van der Waals surface area contributed by atoms with Crippen molar-refractivity contribution in [2.75, 3.05) is 24.2 Å². The molecule has 1 saturated carbocycles. The number of nitrogens with zero attached hydrogens (tertiary/aromatic N) is 1. The Labute approximate surface area is 152 Å². The van der Waals surface area contributed by atoms with E-state index in [1.807, 2.05) is 6.07 Å². The van der Waals surface area contributed by atoms with Crippen molar-refractivity contribution < 1.29 is 14.4 Å². The van der Waals surface area contributed by atoms with Crippen molar-refractivity contribution in [2.24, 2.45) is 5.92 Å². The van der Waals surface area contributed by atoms with Gasteiger partial charge in [0.25, 0.3) is 5.91 Å². The van der Waals surface area contributed by atoms with Gasteiger partial charge in [-0.3, -0.25) is 14.4 Å². The van der Waals surface area contributed by atoms with Crippen LogP contribution in [0.2, 0.25) is 0 Å². The van der Waals surface area contributed by atoms with Crippen LogP contribution in [0.5, 0.6) is 0 Å². The van der Waals surface area contributed by atoms with Crippen LogP contribution >= 0.6 is 0 Å². The van der Waals surface area contributed by atoms with Crippen LogP contribution in [0.3, 0.4) is 0 Å². The zero-order valence-electron chi connectivity index (χ0n) is 14.6. The highest BCUT2D eigenvalue weighted by Gasteiger charge is 2.29. The largest absolute Gasteiger partial charge is 0.332 e. The third kappa shape index (κ3) is 4.69. The highest BCUT2D eigenvalue weighted by Crippen LogP contribution is 2.30. The third-order valence-corrected chi connectivity index (χ3v) is 4.11. The van der Waals surface area contributed by atoms with E-state index in [2.05, 4.69) is 10.6 Å². The molecule has 0 heterocycles. The maximum atomic E-state index is 12.3. The molecule has 0 atom stereocenters. The third-order valence-electron chi connectivity index (χ3n) is 4.11. The number of hydrogen-bond donors (Lipinski definition) is 2. The molecule has 0 bridgehead atoms. The molecule has 0 radical (unpaired) electrons. The zero-order valence-corrected chi connectivity index (χ0v) is 14.6. The Morgan fingerprint density at radius 3 is 2.27 bits per heavy atom. The van der Waals surface area contributed by atoms with Crippen LogP contribution in [-0.2, 0) is 9.59 Å². The van der Waals surface area contributed by atoms with Crippen LogP contribution in [0.1, 0.15) is 23.2 Å². The predicted molar refractivity (Wildman–Crippen MR) is 99.8 cm³/mol. The van der Waals surface area contributed by atoms with E-state index >= 15 is 0 Å². The monoisotopic (exact) mass is 351 g/mol. The molecule has 0 unspecified atom stereocenters. The number of nitrogens with one attached hydrogen (secondary N) is 2. The second-order valence-electron chi connectivity index (χ2n) is 6.42. The van der Waals surface area contributed by atoms with Gasteiger partial charge in [-0.1, -0.05) is 24.3 Å². The van der Waals surface area contributed by atoms with Gasteiger partial charge in [0.05, 0.1) is 6.54 Å². The maximum absolute atomic E-state index is 12.3. The molecule has 6 heteroatoms. The average Bonchev–Trinajstić information content (AvgIpc) is 3.47. The van der Waals surface area contributed by atoms with Crippen LogP contribution in [-0.4, -0.2) is 36.2 Å². The number of rotatable bonds is 6. The fraction of sp³-hybridized carbons (Fsp3) is 0.250. The molecule has 3 rings (SSSR count). The molecule has 1 fully saturated rings. The smallest absolute Gasteiger partial charge is 0.254 e. The maximum Gasteiger partial charge on any atom is 0.254 e. The van der Waals surface area contributed by atoms with Crippen LogP contribution in [0.4, 0.5) is 11.4 Å². The molecule has 3 amide bonds. The Kier molecular flexibility index (Phi) is 5.31. The number of carbonyl (C=O) groups is 3. The molecule has 0 aromatic heterocycles. The average molecular weight is 351 g/mol. The molecule has 1 aliphatic rings. The topological polar surface area (TPSA) is 78.5 Å². The summed E-state index contributed by atoms with van der Waals surface area (Å²) in [6, 6.07) is 15.8. The first-order valence-electron chi connectivity index (χ1n) is 8.54. The molecule has 26 heavy (non-hydrogen) atoms. The van der Waals surface area contributed by atoms with Gasteiger partial charge in [-0.2, -0.15) is 0 Å². The van der Waals surface area contributed by atoms with E-state index in [-0.39, 0.29) is 30.2 Å². The van der Waals surface area contributed by atoms with E-state index in [0.29, 0.717) is 16.9 Å². The standard InChI is InChI=1S/C20H21N3O3/c1-23(20(26)15-6-3-2-4-7-15)13-18(24)21-16-8-5-9-17(12-16)22-19(25)14-10-11-14/h2-9,12,14H,10-11,13H2,1H3,(H,21,24)(H,22,25). The first kappa shape index (κ1) is 17.7. The first-order valence-corrected chi connectivity index (χ1v) is 8.54. The Morgan fingerprint density at radius 2 is 1.62 bits per heavy atom. The lowest BCUT2D eigenvalue weighted by Gasteiger charge is -2.17. The van der Waals surface area contributed by atoms with Crippen LogP contribution in [0, 0.1) is 5.92 Å². The minimum Gasteiger partial charge on any atom is -0.332 e. The summed E-state index contributed by atoms with van der Waals surface area (Å²) in [6.07, 6.45) is 1.87. The van der Waals surface area contributed by atoms with Crippen LogP contribution in [0.25, 0.3) is 0 Å². The van der Waals surface area contributed by atoms with Gasteiger partial charge in [0.15, 0.2) is 0 Å². The minimum atomic E-state index is -0.303. The van der Waals surface area contributed by atoms with Crippen molar-refractivity contribution in [1.82, 2.24) is 4.90 Å². The second kappa shape index (κ2) is 7.82. The summed E-state index contributed by atoms with van der Waals surface area (Å²) in [5, 5.41) is 5.60. The van der Waals surface area contributed by atoms with Gasteiger partial charge in [-0.25, -0.2) is 0 Å². The Hall–Kier alpha value is -3.15. The fourth-order valence-corrected chi connectivity index (χ4v) is 2.55. The number of likely N-dealkylation sites (N-methyl/N-ethyl adjacent to an activating group) is 1. The van der Waals surface area contributed by atoms with E-state index in [9.17, 15) is 14.4 Å². The molecule has 134 valence electrons. The summed E-state index contributed by atoms with van der Waals surface area (Å²) in [7, 11) is 1.58. The number of benzene rings is 2. The van der Waals surface area contributed by atoms with Crippen molar-refractivity contribution in [2.45, 2.75) is 12.8 Å². The molecule has 0 aliphatic heterocycles. The van der Waals surface area contributed by atoms with Crippen LogP contribution in [0.15, 0.2) is 54.6 Å². The van der Waals surface area contributed by atoms with Crippen molar-refractivity contribution >= 4 is 29.1 Å². The Balaban J connectivity index is 1.55. The highest BCUT2D eigenvalue weighted by molar-refractivity contribution is 6.00. The molecule has 1 aliphatic carbocycles. The lowest BCUT2D eigenvalue weighted by Crippen LogP contribution is -2.34. The van der Waals surface area contributed by atoms with Gasteiger partial charge >= 0.3 is 0 Å². The van der Waals surface area contributed by atoms with Gasteiger partial charge in [-0.15, -0.1) is 0 Å². The summed E-state index contributed by atoms with van der Waals surface area (Å²) < 4.78 is 0. The molecule has 6 nitrogen and oxygen atoms in total. The predicted octanol–water partition coefficient (Wildman–Crippen LogP) is 2.75. The molecule has 2 aromatic carbocycles. The van der Waals surface area contributed by atoms with Gasteiger partial charge < -0.3 is 15.5 Å². The molecular formula is C20H21N3O3. The van der Waals surface area contributed by atoms with Gasteiger partial charge in [0.2, 0.25) is 11.8 Å². The van der Waals surface area contributed by atoms with Gasteiger partial charge in [-0.05, 0) is 43.2 Å². The Morgan fingerprint density at radius 1 is 0.962 bits per heavy atom. The van der Waals surface area contributed by atoms with Crippen molar-refractivity contribution in [1.29, 1.82) is 0 Å². The Bertz CT molecular complexity index is 816. The summed E-state index contributed by atoms with van der Waals surface area (Å²) in [6.45, 7) is -0.0631. The van der Waals surface area contributed by atoms with Gasteiger partial charge in [0, 0.05) is 29.9 Å². The van der Waals surface area contributed by atoms with Crippen molar-refractivity contribution in [3.8, 4) is 0 Å². The molecular weight excluding hydrogens is 330 g/mol. The zero-order chi connectivity index (χ0) is 18.5. The first-order chi connectivity index (χ1) is 12.5. The van der Waals surface area contributed by atoms with E-state index < -0.39 is 0 Å². The lowest BCUT2D eigenvalue weighted by atomic mass is 10.2. The van der Waals surface area contributed by atoms with Crippen molar-refractivity contribution in [3.63, 3.8) is 0 Å². The van der Waals surface area contributed by atoms with E-state index in [1.165, 1.54) is 4.90 Å². The SMILES string of the molecule is CN(CC(=O)Nc1cccc(NC(=O)C2CC2)c1)C(=O)c1ccccc1. The number of anilines is 2. The molecule has 0 spiro atoms. The fourth-order valence-electron chi connectivity index (χ4n) is 2.55. The molecule has 2 aromatic rings. The number of amides is 3. The van der Waals surface area contributed by atoms with E-state index in [0.717, 1.165) is 12.8 Å². The summed E-state index contributed by atoms with van der Waals surface area (Å²) in [5.41, 5.74) is 1.75. The van der Waals surface area contributed by atoms with Gasteiger partial charge in [0.1, 0.15) is 0 Å². The van der Waals surface area contributed by atoms with E-state index in [1.54, 1.807) is 55.6 Å². The van der Waals surface area contributed by atoms with Crippen LogP contribution < -0.4 is 10.6 Å². The summed E-state index contributed by atoms with van der Waals surface area (Å²) in [4.78, 5) is 37.7. The molecule has 2 N–H and O–H groups in total. The van der Waals surface area contributed by atoms with E-state index in [4.69, 9.17) is 0 Å². The lowest BCUT2D eigenvalue weighted by molar-refractivity contribution is -0.117. The minimum absolute atomic E-state index is 0.0154. The number of carbonyl (C=O) groups excluding carboxylic acids is 3. The summed E-state index contributed by atoms with van der Waals surface area (Å²) >= 11 is 0. The second-order valence-corrected chi connectivity index (χ2v) is 6.42. The number of hydrogen-bond acceptors (Lipinski definition) is 3.